The average Bonchev–Trinajstić information content (AvgIpc) is 3.17. The van der Waals surface area contributed by atoms with Gasteiger partial charge in [0.2, 0.25) is 6.79 Å². The van der Waals surface area contributed by atoms with E-state index < -0.39 is 0 Å². The van der Waals surface area contributed by atoms with E-state index in [0.717, 1.165) is 24.5 Å². The molecule has 0 aliphatic carbocycles. The predicted octanol–water partition coefficient (Wildman–Crippen LogP) is 5.28. The normalized spacial score (nSPS) is 13.3. The second-order valence-corrected chi connectivity index (χ2v) is 7.27. The molecular weight excluding hydrogens is 372 g/mol. The average molecular weight is 399 g/mol. The molecule has 0 unspecified atom stereocenters. The smallest absolute Gasteiger partial charge is 0.231 e. The van der Waals surface area contributed by atoms with Gasteiger partial charge in [0.05, 0.1) is 0 Å². The summed E-state index contributed by atoms with van der Waals surface area (Å²) in [7, 11) is 0. The lowest BCUT2D eigenvalue weighted by Crippen LogP contribution is -2.25. The number of aryl methyl sites for hydroxylation is 1. The summed E-state index contributed by atoms with van der Waals surface area (Å²) in [5.74, 6) is 1.75. The lowest BCUT2D eigenvalue weighted by atomic mass is 10.0. The zero-order chi connectivity index (χ0) is 18.5. The molecule has 1 atom stereocenters. The minimum absolute atomic E-state index is 0. The van der Waals surface area contributed by atoms with Gasteiger partial charge in [-0.2, -0.15) is 0 Å². The van der Waals surface area contributed by atoms with Crippen LogP contribution in [0, 0.1) is 0 Å². The summed E-state index contributed by atoms with van der Waals surface area (Å²) in [5, 5.41) is 6.09. The van der Waals surface area contributed by atoms with Crippen LogP contribution in [0.5, 0.6) is 11.5 Å². The van der Waals surface area contributed by atoms with Crippen molar-refractivity contribution in [2.45, 2.75) is 45.2 Å². The van der Waals surface area contributed by atoms with Gasteiger partial charge in [0.25, 0.3) is 0 Å². The molecule has 3 aromatic rings. The highest BCUT2D eigenvalue weighted by atomic mass is 35.5. The molecule has 1 aliphatic heterocycles. The van der Waals surface area contributed by atoms with Gasteiger partial charge in [-0.25, -0.2) is 0 Å². The Kier molecular flexibility index (Phi) is 7.12. The van der Waals surface area contributed by atoms with Crippen molar-refractivity contribution in [1.29, 1.82) is 0 Å². The van der Waals surface area contributed by atoms with Crippen molar-refractivity contribution in [2.75, 3.05) is 6.79 Å². The second kappa shape index (κ2) is 9.76. The molecule has 0 fully saturated rings. The van der Waals surface area contributed by atoms with Crippen LogP contribution >= 0.6 is 12.4 Å². The van der Waals surface area contributed by atoms with Crippen LogP contribution in [0.25, 0.3) is 10.8 Å². The fourth-order valence-electron chi connectivity index (χ4n) is 3.51. The number of halogens is 1. The molecule has 0 amide bonds. The third kappa shape index (κ3) is 5.15. The van der Waals surface area contributed by atoms with Crippen LogP contribution in [-0.4, -0.2) is 17.8 Å². The summed E-state index contributed by atoms with van der Waals surface area (Å²) in [6.07, 6.45) is 8.43. The Labute approximate surface area is 172 Å². The van der Waals surface area contributed by atoms with Gasteiger partial charge in [-0.05, 0) is 67.0 Å². The molecule has 2 aromatic carbocycles. The Hall–Kier alpha value is -2.30. The molecule has 0 saturated carbocycles. The lowest BCUT2D eigenvalue weighted by molar-refractivity contribution is 0.174. The van der Waals surface area contributed by atoms with E-state index in [1.54, 1.807) is 0 Å². The first-order valence-electron chi connectivity index (χ1n) is 9.72. The van der Waals surface area contributed by atoms with Crippen LogP contribution < -0.4 is 14.8 Å². The molecule has 0 spiro atoms. The zero-order valence-electron chi connectivity index (χ0n) is 16.2. The molecule has 5 heteroatoms. The molecule has 0 radical (unpaired) electrons. The third-order valence-corrected chi connectivity index (χ3v) is 5.15. The number of benzene rings is 2. The Morgan fingerprint density at radius 3 is 2.75 bits per heavy atom. The molecule has 4 nitrogen and oxygen atoms in total. The summed E-state index contributed by atoms with van der Waals surface area (Å²) >= 11 is 0. The zero-order valence-corrected chi connectivity index (χ0v) is 17.0. The predicted molar refractivity (Wildman–Crippen MR) is 115 cm³/mol. The molecule has 1 N–H and O–H groups in total. The lowest BCUT2D eigenvalue weighted by Gasteiger charge is -2.14. The van der Waals surface area contributed by atoms with Gasteiger partial charge in [0.1, 0.15) is 0 Å². The standard InChI is InChI=1S/C23H26N2O2.ClH/c1-17(25-14-19-6-8-21-15-24-11-10-20(21)12-19)4-2-3-5-18-7-9-22-23(13-18)27-16-26-22;/h6-13,15,17,25H,2-5,14,16H2,1H3;1H/t17-;/m1./s1. The molecule has 1 aromatic heterocycles. The van der Waals surface area contributed by atoms with Gasteiger partial charge in [-0.15, -0.1) is 12.4 Å². The van der Waals surface area contributed by atoms with E-state index in [4.69, 9.17) is 9.47 Å². The Balaban J connectivity index is 0.00000225. The molecule has 28 heavy (non-hydrogen) atoms. The van der Waals surface area contributed by atoms with Crippen molar-refractivity contribution in [2.24, 2.45) is 0 Å². The third-order valence-electron chi connectivity index (χ3n) is 5.15. The van der Waals surface area contributed by atoms with Crippen LogP contribution in [0.1, 0.15) is 37.3 Å². The molecule has 0 saturated heterocycles. The monoisotopic (exact) mass is 398 g/mol. The summed E-state index contributed by atoms with van der Waals surface area (Å²) in [6.45, 7) is 3.52. The van der Waals surface area contributed by atoms with Crippen molar-refractivity contribution in [3.63, 3.8) is 0 Å². The molecule has 1 aliphatic rings. The number of aromatic nitrogens is 1. The van der Waals surface area contributed by atoms with E-state index >= 15 is 0 Å². The summed E-state index contributed by atoms with van der Waals surface area (Å²) < 4.78 is 10.8. The van der Waals surface area contributed by atoms with Gasteiger partial charge in [0.15, 0.2) is 11.5 Å². The largest absolute Gasteiger partial charge is 0.454 e. The first-order valence-corrected chi connectivity index (χ1v) is 9.72. The van der Waals surface area contributed by atoms with Crippen molar-refractivity contribution in [1.82, 2.24) is 10.3 Å². The quantitative estimate of drug-likeness (QED) is 0.524. The summed E-state index contributed by atoms with van der Waals surface area (Å²) in [6, 6.07) is 15.4. The number of rotatable bonds is 8. The Bertz CT molecular complexity index is 916. The van der Waals surface area contributed by atoms with Crippen molar-refractivity contribution < 1.29 is 9.47 Å². The molecule has 4 rings (SSSR count). The molecular formula is C23H27ClN2O2. The maximum atomic E-state index is 5.45. The fraction of sp³-hybridized carbons (Fsp3) is 0.348. The van der Waals surface area contributed by atoms with Crippen LogP contribution in [0.15, 0.2) is 54.9 Å². The number of ether oxygens (including phenoxy) is 2. The van der Waals surface area contributed by atoms with E-state index in [9.17, 15) is 0 Å². The number of nitrogens with one attached hydrogen (secondary N) is 1. The van der Waals surface area contributed by atoms with E-state index in [-0.39, 0.29) is 12.4 Å². The van der Waals surface area contributed by atoms with Gasteiger partial charge < -0.3 is 14.8 Å². The van der Waals surface area contributed by atoms with E-state index in [1.165, 1.54) is 41.2 Å². The van der Waals surface area contributed by atoms with E-state index in [1.807, 2.05) is 18.5 Å². The van der Waals surface area contributed by atoms with Crippen LogP contribution in [0.4, 0.5) is 0 Å². The highest BCUT2D eigenvalue weighted by Crippen LogP contribution is 2.32. The Morgan fingerprint density at radius 2 is 1.82 bits per heavy atom. The van der Waals surface area contributed by atoms with Crippen molar-refractivity contribution >= 4 is 23.2 Å². The van der Waals surface area contributed by atoms with Crippen molar-refractivity contribution in [3.8, 4) is 11.5 Å². The number of nitrogens with zero attached hydrogens (tertiary/aromatic N) is 1. The summed E-state index contributed by atoms with van der Waals surface area (Å²) in [4.78, 5) is 4.17. The fourth-order valence-corrected chi connectivity index (χ4v) is 3.51. The topological polar surface area (TPSA) is 43.4 Å². The van der Waals surface area contributed by atoms with Gasteiger partial charge >= 0.3 is 0 Å². The highest BCUT2D eigenvalue weighted by molar-refractivity contribution is 5.85. The van der Waals surface area contributed by atoms with Gasteiger partial charge in [-0.1, -0.05) is 24.6 Å². The van der Waals surface area contributed by atoms with Gasteiger partial charge in [0, 0.05) is 30.4 Å². The number of hydrogen-bond donors (Lipinski definition) is 1. The first kappa shape index (κ1) is 20.4. The second-order valence-electron chi connectivity index (χ2n) is 7.27. The number of pyridine rings is 1. The Morgan fingerprint density at radius 1 is 0.964 bits per heavy atom. The number of fused-ring (bicyclic) bond motifs is 2. The first-order chi connectivity index (χ1) is 13.3. The van der Waals surface area contributed by atoms with Crippen LogP contribution in [-0.2, 0) is 13.0 Å². The minimum atomic E-state index is 0. The molecule has 0 bridgehead atoms. The highest BCUT2D eigenvalue weighted by Gasteiger charge is 2.13. The van der Waals surface area contributed by atoms with Crippen LogP contribution in [0.2, 0.25) is 0 Å². The molecule has 2 heterocycles. The number of unbranched alkanes of at least 4 members (excludes halogenated alkanes) is 1. The van der Waals surface area contributed by atoms with Crippen LogP contribution in [0.3, 0.4) is 0 Å². The van der Waals surface area contributed by atoms with E-state index in [2.05, 4.69) is 53.6 Å². The number of hydrogen-bond acceptors (Lipinski definition) is 4. The van der Waals surface area contributed by atoms with Gasteiger partial charge in [-0.3, -0.25) is 4.98 Å². The maximum absolute atomic E-state index is 5.45. The van der Waals surface area contributed by atoms with Crippen molar-refractivity contribution in [3.05, 3.63) is 66.0 Å². The minimum Gasteiger partial charge on any atom is -0.454 e. The SMILES string of the molecule is C[C@H](CCCCc1ccc2c(c1)OCO2)NCc1ccc2cnccc2c1.Cl. The summed E-state index contributed by atoms with van der Waals surface area (Å²) in [5.41, 5.74) is 2.64. The molecule has 148 valence electrons. The maximum Gasteiger partial charge on any atom is 0.231 e. The van der Waals surface area contributed by atoms with E-state index in [0.29, 0.717) is 12.8 Å².